The van der Waals surface area contributed by atoms with Crippen molar-refractivity contribution in [1.82, 2.24) is 9.97 Å². The topological polar surface area (TPSA) is 61.3 Å². The predicted molar refractivity (Wildman–Crippen MR) is 66.9 cm³/mol. The van der Waals surface area contributed by atoms with Crippen LogP contribution in [-0.2, 0) is 4.74 Å². The lowest BCUT2D eigenvalue weighted by molar-refractivity contribution is 0.0455. The summed E-state index contributed by atoms with van der Waals surface area (Å²) in [6, 6.07) is 3.57. The number of nitrogens with zero attached hydrogens (tertiary/aromatic N) is 2. The monoisotopic (exact) mass is 264 g/mol. The van der Waals surface area contributed by atoms with Crippen molar-refractivity contribution in [3.8, 4) is 5.75 Å². The molecule has 0 unspecified atom stereocenters. The average Bonchev–Trinajstić information content (AvgIpc) is 2.82. The van der Waals surface area contributed by atoms with Crippen molar-refractivity contribution >= 4 is 17.3 Å². The van der Waals surface area contributed by atoms with Crippen LogP contribution in [0.15, 0.2) is 30.0 Å². The molecule has 2 aromatic rings. The molecule has 0 radical (unpaired) electrons. The van der Waals surface area contributed by atoms with Gasteiger partial charge < -0.3 is 9.47 Å². The second-order valence-electron chi connectivity index (χ2n) is 3.44. The summed E-state index contributed by atoms with van der Waals surface area (Å²) in [5, 5.41) is 0. The number of thiazole rings is 1. The molecule has 0 spiro atoms. The molecule has 2 aromatic heterocycles. The highest BCUT2D eigenvalue weighted by atomic mass is 32.1. The second-order valence-corrected chi connectivity index (χ2v) is 4.29. The first kappa shape index (κ1) is 12.5. The normalized spacial score (nSPS) is 10.1. The molecule has 0 aliphatic heterocycles. The standard InChI is InChI=1S/C12H12N2O3S/c1-9-11(18-8-14-9)12(15)17-6-5-16-10-3-2-4-13-7-10/h2-4,7-8H,5-6H2,1H3. The van der Waals surface area contributed by atoms with Gasteiger partial charge in [0.05, 0.1) is 17.4 Å². The quantitative estimate of drug-likeness (QED) is 0.611. The minimum atomic E-state index is -0.357. The van der Waals surface area contributed by atoms with E-state index in [1.165, 1.54) is 11.3 Å². The van der Waals surface area contributed by atoms with Crippen LogP contribution in [0, 0.1) is 6.92 Å². The van der Waals surface area contributed by atoms with Crippen LogP contribution in [0.2, 0.25) is 0 Å². The van der Waals surface area contributed by atoms with Gasteiger partial charge in [0.15, 0.2) is 0 Å². The molecule has 0 aromatic carbocycles. The number of esters is 1. The van der Waals surface area contributed by atoms with Crippen molar-refractivity contribution in [2.24, 2.45) is 0 Å². The summed E-state index contributed by atoms with van der Waals surface area (Å²) in [6.07, 6.45) is 3.27. The first-order chi connectivity index (χ1) is 8.77. The molecule has 94 valence electrons. The van der Waals surface area contributed by atoms with Crippen LogP contribution in [0.3, 0.4) is 0 Å². The molecule has 0 atom stereocenters. The number of ether oxygens (including phenoxy) is 2. The van der Waals surface area contributed by atoms with E-state index in [1.807, 2.05) is 0 Å². The van der Waals surface area contributed by atoms with Crippen molar-refractivity contribution in [2.45, 2.75) is 6.92 Å². The third-order valence-electron chi connectivity index (χ3n) is 2.15. The zero-order valence-electron chi connectivity index (χ0n) is 9.83. The van der Waals surface area contributed by atoms with Gasteiger partial charge in [0.2, 0.25) is 0 Å². The Morgan fingerprint density at radius 2 is 2.33 bits per heavy atom. The van der Waals surface area contributed by atoms with Crippen LogP contribution < -0.4 is 4.74 Å². The van der Waals surface area contributed by atoms with Gasteiger partial charge in [-0.2, -0.15) is 0 Å². The van der Waals surface area contributed by atoms with E-state index in [-0.39, 0.29) is 12.6 Å². The third-order valence-corrected chi connectivity index (χ3v) is 3.06. The van der Waals surface area contributed by atoms with Crippen LogP contribution in [0.5, 0.6) is 5.75 Å². The minimum Gasteiger partial charge on any atom is -0.488 e. The smallest absolute Gasteiger partial charge is 0.350 e. The number of aromatic nitrogens is 2. The number of aryl methyl sites for hydroxylation is 1. The van der Waals surface area contributed by atoms with E-state index >= 15 is 0 Å². The molecule has 2 rings (SSSR count). The number of rotatable bonds is 5. The fourth-order valence-corrected chi connectivity index (χ4v) is 1.98. The van der Waals surface area contributed by atoms with E-state index in [1.54, 1.807) is 37.0 Å². The average molecular weight is 264 g/mol. The van der Waals surface area contributed by atoms with Crippen LogP contribution in [0.4, 0.5) is 0 Å². The van der Waals surface area contributed by atoms with Gasteiger partial charge in [0, 0.05) is 6.20 Å². The molecule has 0 fully saturated rings. The molecule has 0 aliphatic carbocycles. The van der Waals surface area contributed by atoms with E-state index in [9.17, 15) is 4.79 Å². The van der Waals surface area contributed by atoms with E-state index in [0.29, 0.717) is 22.9 Å². The number of carbonyl (C=O) groups is 1. The number of hydrogen-bond acceptors (Lipinski definition) is 6. The maximum Gasteiger partial charge on any atom is 0.350 e. The Morgan fingerprint density at radius 1 is 1.44 bits per heavy atom. The van der Waals surface area contributed by atoms with Crippen LogP contribution in [0.1, 0.15) is 15.4 Å². The molecular formula is C12H12N2O3S. The van der Waals surface area contributed by atoms with Crippen LogP contribution >= 0.6 is 11.3 Å². The highest BCUT2D eigenvalue weighted by Crippen LogP contribution is 2.13. The Labute approximate surface area is 108 Å². The molecule has 6 heteroatoms. The predicted octanol–water partition coefficient (Wildman–Crippen LogP) is 2.08. The summed E-state index contributed by atoms with van der Waals surface area (Å²) in [5.74, 6) is 0.298. The number of carbonyl (C=O) groups excluding carboxylic acids is 1. The van der Waals surface area contributed by atoms with Crippen molar-refractivity contribution in [3.05, 3.63) is 40.6 Å². The van der Waals surface area contributed by atoms with E-state index in [4.69, 9.17) is 9.47 Å². The molecule has 18 heavy (non-hydrogen) atoms. The Hall–Kier alpha value is -1.95. The summed E-state index contributed by atoms with van der Waals surface area (Å²) >= 11 is 1.28. The van der Waals surface area contributed by atoms with Crippen LogP contribution in [-0.4, -0.2) is 29.2 Å². The Morgan fingerprint density at radius 3 is 3.00 bits per heavy atom. The number of hydrogen-bond donors (Lipinski definition) is 0. The summed E-state index contributed by atoms with van der Waals surface area (Å²) in [7, 11) is 0. The van der Waals surface area contributed by atoms with Gasteiger partial charge >= 0.3 is 5.97 Å². The van der Waals surface area contributed by atoms with Crippen molar-refractivity contribution in [1.29, 1.82) is 0 Å². The highest BCUT2D eigenvalue weighted by molar-refractivity contribution is 7.11. The summed E-state index contributed by atoms with van der Waals surface area (Å²) in [4.78, 5) is 20.1. The lowest BCUT2D eigenvalue weighted by Crippen LogP contribution is -2.12. The molecule has 0 saturated heterocycles. The highest BCUT2D eigenvalue weighted by Gasteiger charge is 2.12. The van der Waals surface area contributed by atoms with Gasteiger partial charge in [-0.1, -0.05) is 0 Å². The first-order valence-electron chi connectivity index (χ1n) is 5.37. The van der Waals surface area contributed by atoms with Crippen molar-refractivity contribution < 1.29 is 14.3 Å². The van der Waals surface area contributed by atoms with Crippen molar-refractivity contribution in [3.63, 3.8) is 0 Å². The van der Waals surface area contributed by atoms with Gasteiger partial charge in [0.25, 0.3) is 0 Å². The van der Waals surface area contributed by atoms with Gasteiger partial charge in [-0.3, -0.25) is 4.98 Å². The van der Waals surface area contributed by atoms with E-state index in [2.05, 4.69) is 9.97 Å². The fourth-order valence-electron chi connectivity index (χ4n) is 1.29. The fraction of sp³-hybridized carbons (Fsp3) is 0.250. The molecular weight excluding hydrogens is 252 g/mol. The Bertz CT molecular complexity index is 513. The lowest BCUT2D eigenvalue weighted by atomic mass is 10.4. The Balaban J connectivity index is 1.73. The molecule has 5 nitrogen and oxygen atoms in total. The van der Waals surface area contributed by atoms with Gasteiger partial charge in [-0.15, -0.1) is 11.3 Å². The zero-order chi connectivity index (χ0) is 12.8. The second kappa shape index (κ2) is 6.11. The summed E-state index contributed by atoms with van der Waals surface area (Å²) in [6.45, 7) is 2.28. The maximum atomic E-state index is 11.6. The zero-order valence-corrected chi connectivity index (χ0v) is 10.6. The largest absolute Gasteiger partial charge is 0.488 e. The summed E-state index contributed by atoms with van der Waals surface area (Å²) < 4.78 is 10.4. The molecule has 0 aliphatic rings. The van der Waals surface area contributed by atoms with E-state index < -0.39 is 0 Å². The van der Waals surface area contributed by atoms with Crippen molar-refractivity contribution in [2.75, 3.05) is 13.2 Å². The minimum absolute atomic E-state index is 0.199. The molecule has 2 heterocycles. The number of pyridine rings is 1. The van der Waals surface area contributed by atoms with Gasteiger partial charge in [0.1, 0.15) is 23.8 Å². The molecule has 0 amide bonds. The summed E-state index contributed by atoms with van der Waals surface area (Å²) in [5.41, 5.74) is 2.32. The third kappa shape index (κ3) is 3.27. The first-order valence-corrected chi connectivity index (χ1v) is 6.25. The SMILES string of the molecule is Cc1ncsc1C(=O)OCCOc1cccnc1. The maximum absolute atomic E-state index is 11.6. The van der Waals surface area contributed by atoms with Crippen LogP contribution in [0.25, 0.3) is 0 Å². The lowest BCUT2D eigenvalue weighted by Gasteiger charge is -2.06. The van der Waals surface area contributed by atoms with Gasteiger partial charge in [-0.25, -0.2) is 9.78 Å². The Kier molecular flexibility index (Phi) is 4.25. The molecule has 0 saturated carbocycles. The van der Waals surface area contributed by atoms with Gasteiger partial charge in [-0.05, 0) is 19.1 Å². The van der Waals surface area contributed by atoms with E-state index in [0.717, 1.165) is 0 Å². The molecule has 0 N–H and O–H groups in total. The molecule has 0 bridgehead atoms.